The maximum absolute atomic E-state index is 11.3. The average Bonchev–Trinajstić information content (AvgIpc) is 2.55. The first-order valence-electron chi connectivity index (χ1n) is 8.04. The number of rotatable bonds is 5. The number of amides is 1. The average molecular weight is 327 g/mol. The van der Waals surface area contributed by atoms with Gasteiger partial charge in [-0.05, 0) is 32.4 Å². The van der Waals surface area contributed by atoms with Gasteiger partial charge in [-0.1, -0.05) is 6.42 Å². The monoisotopic (exact) mass is 327 g/mol. The van der Waals surface area contributed by atoms with Crippen molar-refractivity contribution < 1.29 is 4.79 Å². The third-order valence-corrected chi connectivity index (χ3v) is 3.95. The zero-order valence-corrected chi connectivity index (χ0v) is 13.6. The summed E-state index contributed by atoms with van der Waals surface area (Å²) in [6, 6.07) is 3.61. The molecule has 24 heavy (non-hydrogen) atoms. The maximum atomic E-state index is 11.3. The van der Waals surface area contributed by atoms with Crippen molar-refractivity contribution in [2.24, 2.45) is 5.73 Å². The second-order valence-electron chi connectivity index (χ2n) is 5.90. The van der Waals surface area contributed by atoms with E-state index in [1.54, 1.807) is 18.5 Å². The highest BCUT2D eigenvalue weighted by Gasteiger charge is 2.27. The van der Waals surface area contributed by atoms with Gasteiger partial charge in [-0.2, -0.15) is 0 Å². The highest BCUT2D eigenvalue weighted by atomic mass is 16.1. The van der Waals surface area contributed by atoms with Crippen LogP contribution in [0.15, 0.2) is 24.5 Å². The molecular weight excluding hydrogens is 306 g/mol. The standard InChI is InChI=1S/C16H21N7O/c1-11-9-14(22-16-18-6-4-7-19-16)21-15(20-11)12-5-2-3-8-23(12)10-13(17)24/h4,6-7,9,12H,2-3,5,8,10H2,1H3,(H2,17,24)(H,18,19,20,21,22)/t12-/m0/s1. The van der Waals surface area contributed by atoms with Gasteiger partial charge in [-0.25, -0.2) is 19.9 Å². The molecule has 1 aliphatic rings. The molecule has 0 radical (unpaired) electrons. The molecule has 0 aromatic carbocycles. The normalized spacial score (nSPS) is 18.3. The van der Waals surface area contributed by atoms with E-state index in [2.05, 4.69) is 30.2 Å². The highest BCUT2D eigenvalue weighted by Crippen LogP contribution is 2.29. The SMILES string of the molecule is Cc1cc(Nc2ncccn2)nc([C@@H]2CCCCN2CC(N)=O)n1. The van der Waals surface area contributed by atoms with Gasteiger partial charge in [0.15, 0.2) is 0 Å². The molecule has 126 valence electrons. The predicted octanol–water partition coefficient (Wildman–Crippen LogP) is 1.33. The molecule has 0 unspecified atom stereocenters. The molecule has 3 N–H and O–H groups in total. The number of nitrogens with zero attached hydrogens (tertiary/aromatic N) is 5. The number of hydrogen-bond acceptors (Lipinski definition) is 7. The molecule has 2 aromatic rings. The fourth-order valence-electron chi connectivity index (χ4n) is 2.96. The van der Waals surface area contributed by atoms with E-state index in [-0.39, 0.29) is 18.5 Å². The molecule has 8 nitrogen and oxygen atoms in total. The Morgan fingerprint density at radius 1 is 1.33 bits per heavy atom. The van der Waals surface area contributed by atoms with E-state index in [4.69, 9.17) is 5.73 Å². The van der Waals surface area contributed by atoms with Gasteiger partial charge < -0.3 is 11.1 Å². The molecule has 8 heteroatoms. The Hall–Kier alpha value is -2.61. The van der Waals surface area contributed by atoms with Gasteiger partial charge in [0.2, 0.25) is 11.9 Å². The van der Waals surface area contributed by atoms with Crippen molar-refractivity contribution in [1.82, 2.24) is 24.8 Å². The minimum absolute atomic E-state index is 0.00314. The van der Waals surface area contributed by atoms with Gasteiger partial charge in [0.1, 0.15) is 11.6 Å². The van der Waals surface area contributed by atoms with E-state index in [0.717, 1.165) is 31.5 Å². The third kappa shape index (κ3) is 4.02. The van der Waals surface area contributed by atoms with Crippen LogP contribution in [0.5, 0.6) is 0 Å². The number of piperidine rings is 1. The largest absolute Gasteiger partial charge is 0.369 e. The summed E-state index contributed by atoms with van der Waals surface area (Å²) in [5.41, 5.74) is 6.23. The first-order chi connectivity index (χ1) is 11.6. The minimum atomic E-state index is -0.328. The molecule has 1 aliphatic heterocycles. The Balaban J connectivity index is 1.85. The van der Waals surface area contributed by atoms with Crippen molar-refractivity contribution in [3.8, 4) is 0 Å². The topological polar surface area (TPSA) is 110 Å². The molecule has 1 fully saturated rings. The Bertz CT molecular complexity index is 707. The third-order valence-electron chi connectivity index (χ3n) is 3.95. The molecule has 0 bridgehead atoms. The molecule has 2 aromatic heterocycles. The van der Waals surface area contributed by atoms with Gasteiger partial charge in [0, 0.05) is 24.2 Å². The van der Waals surface area contributed by atoms with Crippen LogP contribution in [0.25, 0.3) is 0 Å². The van der Waals surface area contributed by atoms with Gasteiger partial charge in [0.25, 0.3) is 0 Å². The molecule has 1 atom stereocenters. The van der Waals surface area contributed by atoms with Crippen LogP contribution in [0.2, 0.25) is 0 Å². The fraction of sp³-hybridized carbons (Fsp3) is 0.438. The number of primary amides is 1. The van der Waals surface area contributed by atoms with E-state index in [9.17, 15) is 4.79 Å². The summed E-state index contributed by atoms with van der Waals surface area (Å²) in [6.07, 6.45) is 6.39. The molecule has 0 saturated carbocycles. The zero-order valence-electron chi connectivity index (χ0n) is 13.6. The highest BCUT2D eigenvalue weighted by molar-refractivity contribution is 5.76. The van der Waals surface area contributed by atoms with Crippen molar-refractivity contribution >= 4 is 17.7 Å². The lowest BCUT2D eigenvalue weighted by Gasteiger charge is -2.33. The Morgan fingerprint density at radius 2 is 2.12 bits per heavy atom. The molecule has 1 amide bonds. The number of hydrogen-bond donors (Lipinski definition) is 2. The summed E-state index contributed by atoms with van der Waals surface area (Å²) in [5.74, 6) is 1.51. The van der Waals surface area contributed by atoms with Gasteiger partial charge >= 0.3 is 0 Å². The number of aryl methyl sites for hydroxylation is 1. The molecule has 1 saturated heterocycles. The summed E-state index contributed by atoms with van der Waals surface area (Å²) in [6.45, 7) is 2.98. The van der Waals surface area contributed by atoms with E-state index in [1.165, 1.54) is 0 Å². The van der Waals surface area contributed by atoms with Gasteiger partial charge in [-0.3, -0.25) is 9.69 Å². The number of likely N-dealkylation sites (tertiary alicyclic amines) is 1. The predicted molar refractivity (Wildman–Crippen MR) is 89.4 cm³/mol. The minimum Gasteiger partial charge on any atom is -0.369 e. The van der Waals surface area contributed by atoms with E-state index < -0.39 is 0 Å². The molecule has 0 aliphatic carbocycles. The fourth-order valence-corrected chi connectivity index (χ4v) is 2.96. The number of nitrogens with two attached hydrogens (primary N) is 1. The molecular formula is C16H21N7O. The molecule has 3 rings (SSSR count). The molecule has 0 spiro atoms. The summed E-state index contributed by atoms with van der Waals surface area (Å²) >= 11 is 0. The second-order valence-corrected chi connectivity index (χ2v) is 5.90. The summed E-state index contributed by atoms with van der Waals surface area (Å²) in [7, 11) is 0. The van der Waals surface area contributed by atoms with Crippen LogP contribution in [0, 0.1) is 6.92 Å². The summed E-state index contributed by atoms with van der Waals surface area (Å²) < 4.78 is 0. The lowest BCUT2D eigenvalue weighted by Crippen LogP contribution is -2.40. The van der Waals surface area contributed by atoms with Crippen LogP contribution < -0.4 is 11.1 Å². The summed E-state index contributed by atoms with van der Waals surface area (Å²) in [4.78, 5) is 30.9. The van der Waals surface area contributed by atoms with Gasteiger partial charge in [0.05, 0.1) is 12.6 Å². The van der Waals surface area contributed by atoms with Crippen LogP contribution >= 0.6 is 0 Å². The summed E-state index contributed by atoms with van der Waals surface area (Å²) in [5, 5.41) is 3.10. The van der Waals surface area contributed by atoms with Crippen molar-refractivity contribution in [1.29, 1.82) is 0 Å². The van der Waals surface area contributed by atoms with Gasteiger partial charge in [-0.15, -0.1) is 0 Å². The molecule has 3 heterocycles. The van der Waals surface area contributed by atoms with Crippen LogP contribution in [0.1, 0.15) is 36.8 Å². The van der Waals surface area contributed by atoms with Crippen LogP contribution in [0.4, 0.5) is 11.8 Å². The number of carbonyl (C=O) groups is 1. The van der Waals surface area contributed by atoms with Crippen molar-refractivity contribution in [2.75, 3.05) is 18.4 Å². The Kier molecular flexibility index (Phi) is 4.95. The van der Waals surface area contributed by atoms with Crippen molar-refractivity contribution in [3.05, 3.63) is 36.0 Å². The number of carbonyl (C=O) groups excluding carboxylic acids is 1. The lowest BCUT2D eigenvalue weighted by molar-refractivity contribution is -0.120. The van der Waals surface area contributed by atoms with Crippen LogP contribution in [0.3, 0.4) is 0 Å². The van der Waals surface area contributed by atoms with Crippen molar-refractivity contribution in [2.45, 2.75) is 32.2 Å². The first kappa shape index (κ1) is 16.3. The Labute approximate surface area is 140 Å². The van der Waals surface area contributed by atoms with Crippen molar-refractivity contribution in [3.63, 3.8) is 0 Å². The smallest absolute Gasteiger partial charge is 0.231 e. The quantitative estimate of drug-likeness (QED) is 0.852. The van der Waals surface area contributed by atoms with E-state index in [1.807, 2.05) is 13.0 Å². The van der Waals surface area contributed by atoms with Crippen LogP contribution in [-0.4, -0.2) is 43.8 Å². The Morgan fingerprint density at radius 3 is 2.88 bits per heavy atom. The van der Waals surface area contributed by atoms with Crippen LogP contribution in [-0.2, 0) is 4.79 Å². The maximum Gasteiger partial charge on any atom is 0.231 e. The number of nitrogens with one attached hydrogen (secondary N) is 1. The zero-order chi connectivity index (χ0) is 16.9. The number of aromatic nitrogens is 4. The van der Waals surface area contributed by atoms with E-state index in [0.29, 0.717) is 17.6 Å². The van der Waals surface area contributed by atoms with E-state index >= 15 is 0 Å². The lowest BCUT2D eigenvalue weighted by atomic mass is 10.0. The number of anilines is 2. The first-order valence-corrected chi connectivity index (χ1v) is 8.04. The second kappa shape index (κ2) is 7.31.